The van der Waals surface area contributed by atoms with Crippen molar-refractivity contribution in [1.82, 2.24) is 10.6 Å². The summed E-state index contributed by atoms with van der Waals surface area (Å²) in [6, 6.07) is 9.48. The van der Waals surface area contributed by atoms with Crippen molar-refractivity contribution >= 4 is 18.0 Å². The van der Waals surface area contributed by atoms with Gasteiger partial charge in [-0.2, -0.15) is 0 Å². The maximum absolute atomic E-state index is 11.6. The molecule has 0 aliphatic carbocycles. The Morgan fingerprint density at radius 3 is 1.33 bits per heavy atom. The van der Waals surface area contributed by atoms with Gasteiger partial charge in [0.1, 0.15) is 6.61 Å². The molecule has 0 spiro atoms. The summed E-state index contributed by atoms with van der Waals surface area (Å²) in [6.45, 7) is 9.24. The quantitative estimate of drug-likeness (QED) is 0.0852. The van der Waals surface area contributed by atoms with E-state index in [0.29, 0.717) is 138 Å². The molecule has 1 rings (SSSR count). The highest BCUT2D eigenvalue weighted by Crippen LogP contribution is 2.00. The Morgan fingerprint density at radius 2 is 0.898 bits per heavy atom. The summed E-state index contributed by atoms with van der Waals surface area (Å²) >= 11 is 0. The van der Waals surface area contributed by atoms with Gasteiger partial charge in [0.15, 0.2) is 0 Å². The molecule has 282 valence electrons. The number of rotatable bonds is 36. The SMILES string of the molecule is O=C(O)CCC(=O)NCCCOCCOCCOCCOCCOCCOCCOCCOCCOCCNC(=O)OCc1ccccc1. The van der Waals surface area contributed by atoms with Gasteiger partial charge in [-0.15, -0.1) is 0 Å². The van der Waals surface area contributed by atoms with Gasteiger partial charge in [-0.1, -0.05) is 30.3 Å². The summed E-state index contributed by atoms with van der Waals surface area (Å²) in [4.78, 5) is 33.4. The average molecular weight is 705 g/mol. The van der Waals surface area contributed by atoms with E-state index in [-0.39, 0.29) is 25.4 Å². The number of benzene rings is 1. The van der Waals surface area contributed by atoms with E-state index in [4.69, 9.17) is 52.5 Å². The summed E-state index contributed by atoms with van der Waals surface area (Å²) < 4.78 is 54.1. The van der Waals surface area contributed by atoms with Crippen LogP contribution in [-0.4, -0.2) is 155 Å². The summed E-state index contributed by atoms with van der Waals surface area (Å²) in [5.41, 5.74) is 0.931. The standard InChI is InChI=1S/C33H56N2O14/c36-31(7-8-32(37)38)34-9-4-11-40-13-15-42-17-19-44-21-23-46-25-27-48-28-26-47-24-22-45-20-18-43-16-14-41-12-10-35-33(39)49-29-30-5-2-1-3-6-30/h1-3,5-6H,4,7-29H2,(H,34,36)(H,35,39)(H,37,38). The molecular formula is C33H56N2O14. The number of carboxylic acid groups (broad SMARTS) is 1. The predicted octanol–water partition coefficient (Wildman–Crippen LogP) is 1.43. The second-order valence-corrected chi connectivity index (χ2v) is 10.1. The molecule has 0 aliphatic heterocycles. The van der Waals surface area contributed by atoms with E-state index in [2.05, 4.69) is 10.6 Å². The number of carbonyl (C=O) groups excluding carboxylic acids is 2. The summed E-state index contributed by atoms with van der Waals surface area (Å²) in [5.74, 6) is -1.26. The van der Waals surface area contributed by atoms with E-state index in [1.807, 2.05) is 30.3 Å². The Labute approximate surface area is 289 Å². The molecule has 0 heterocycles. The first-order valence-corrected chi connectivity index (χ1v) is 16.7. The number of hydrogen-bond donors (Lipinski definition) is 3. The van der Waals surface area contributed by atoms with Crippen molar-refractivity contribution in [2.45, 2.75) is 25.9 Å². The molecule has 0 saturated heterocycles. The van der Waals surface area contributed by atoms with E-state index in [1.54, 1.807) is 0 Å². The van der Waals surface area contributed by atoms with Gasteiger partial charge >= 0.3 is 12.1 Å². The molecule has 1 aromatic carbocycles. The Hall–Kier alpha value is -2.93. The number of carbonyl (C=O) groups is 3. The normalized spacial score (nSPS) is 11.0. The van der Waals surface area contributed by atoms with Crippen LogP contribution in [0.25, 0.3) is 0 Å². The van der Waals surface area contributed by atoms with Crippen LogP contribution in [0.4, 0.5) is 4.79 Å². The van der Waals surface area contributed by atoms with Gasteiger partial charge in [-0.05, 0) is 12.0 Å². The van der Waals surface area contributed by atoms with Crippen LogP contribution in [0.5, 0.6) is 0 Å². The van der Waals surface area contributed by atoms with Crippen LogP contribution in [-0.2, 0) is 63.6 Å². The second kappa shape index (κ2) is 34.9. The molecule has 0 aromatic heterocycles. The molecule has 0 radical (unpaired) electrons. The van der Waals surface area contributed by atoms with E-state index in [0.717, 1.165) is 5.56 Å². The smallest absolute Gasteiger partial charge is 0.407 e. The zero-order valence-electron chi connectivity index (χ0n) is 28.6. The molecule has 49 heavy (non-hydrogen) atoms. The molecule has 2 amide bonds. The van der Waals surface area contributed by atoms with Crippen molar-refractivity contribution in [2.75, 3.05) is 132 Å². The van der Waals surface area contributed by atoms with Crippen LogP contribution in [0, 0.1) is 0 Å². The van der Waals surface area contributed by atoms with Crippen molar-refractivity contribution in [1.29, 1.82) is 0 Å². The number of aliphatic carboxylic acids is 1. The van der Waals surface area contributed by atoms with E-state index >= 15 is 0 Å². The van der Waals surface area contributed by atoms with Gasteiger partial charge in [-0.25, -0.2) is 4.79 Å². The van der Waals surface area contributed by atoms with E-state index < -0.39 is 12.1 Å². The molecule has 16 heteroatoms. The highest BCUT2D eigenvalue weighted by atomic mass is 16.6. The first kappa shape index (κ1) is 44.1. The summed E-state index contributed by atoms with van der Waals surface area (Å²) in [6.07, 6.45) is -0.0111. The zero-order valence-corrected chi connectivity index (χ0v) is 28.6. The largest absolute Gasteiger partial charge is 0.481 e. The number of amides is 2. The highest BCUT2D eigenvalue weighted by molar-refractivity contribution is 5.80. The zero-order chi connectivity index (χ0) is 35.3. The molecular weight excluding hydrogens is 648 g/mol. The lowest BCUT2D eigenvalue weighted by Gasteiger charge is -2.09. The Morgan fingerprint density at radius 1 is 0.490 bits per heavy atom. The number of alkyl carbamates (subject to hydrolysis) is 1. The van der Waals surface area contributed by atoms with E-state index in [1.165, 1.54) is 0 Å². The molecule has 0 bridgehead atoms. The van der Waals surface area contributed by atoms with Gasteiger partial charge in [0, 0.05) is 26.1 Å². The number of hydrogen-bond acceptors (Lipinski definition) is 13. The molecule has 0 saturated carbocycles. The fraction of sp³-hybridized carbons (Fsp3) is 0.727. The minimum atomic E-state index is -0.986. The monoisotopic (exact) mass is 704 g/mol. The van der Waals surface area contributed by atoms with Gasteiger partial charge < -0.3 is 63.1 Å². The molecule has 16 nitrogen and oxygen atoms in total. The van der Waals surface area contributed by atoms with Crippen molar-refractivity contribution in [3.05, 3.63) is 35.9 Å². The lowest BCUT2D eigenvalue weighted by atomic mass is 10.2. The molecule has 0 atom stereocenters. The third kappa shape index (κ3) is 33.3. The summed E-state index contributed by atoms with van der Waals surface area (Å²) in [7, 11) is 0. The van der Waals surface area contributed by atoms with Crippen LogP contribution in [0.1, 0.15) is 24.8 Å². The first-order valence-electron chi connectivity index (χ1n) is 16.7. The highest BCUT2D eigenvalue weighted by Gasteiger charge is 2.04. The number of nitrogens with one attached hydrogen (secondary N) is 2. The number of ether oxygens (including phenoxy) is 10. The maximum Gasteiger partial charge on any atom is 0.407 e. The van der Waals surface area contributed by atoms with Gasteiger partial charge in [-0.3, -0.25) is 9.59 Å². The van der Waals surface area contributed by atoms with Crippen molar-refractivity contribution in [2.24, 2.45) is 0 Å². The van der Waals surface area contributed by atoms with Crippen LogP contribution in [0.3, 0.4) is 0 Å². The summed E-state index contributed by atoms with van der Waals surface area (Å²) in [5, 5.41) is 13.8. The first-order chi connectivity index (χ1) is 24.1. The van der Waals surface area contributed by atoms with Crippen molar-refractivity contribution in [3.63, 3.8) is 0 Å². The lowest BCUT2D eigenvalue weighted by Crippen LogP contribution is -2.28. The predicted molar refractivity (Wildman–Crippen MR) is 176 cm³/mol. The fourth-order valence-electron chi connectivity index (χ4n) is 3.57. The molecule has 3 N–H and O–H groups in total. The van der Waals surface area contributed by atoms with Gasteiger partial charge in [0.2, 0.25) is 5.91 Å². The third-order valence-electron chi connectivity index (χ3n) is 6.06. The fourth-order valence-corrected chi connectivity index (χ4v) is 3.57. The third-order valence-corrected chi connectivity index (χ3v) is 6.06. The molecule has 0 fully saturated rings. The lowest BCUT2D eigenvalue weighted by molar-refractivity contribution is -0.138. The molecule has 1 aromatic rings. The minimum absolute atomic E-state index is 0.0139. The van der Waals surface area contributed by atoms with E-state index in [9.17, 15) is 14.4 Å². The number of carboxylic acids is 1. The van der Waals surface area contributed by atoms with Crippen LogP contribution in [0.15, 0.2) is 30.3 Å². The maximum atomic E-state index is 11.6. The second-order valence-electron chi connectivity index (χ2n) is 10.1. The van der Waals surface area contributed by atoms with Gasteiger partial charge in [0.25, 0.3) is 0 Å². The average Bonchev–Trinajstić information content (AvgIpc) is 3.10. The van der Waals surface area contributed by atoms with Crippen molar-refractivity contribution in [3.8, 4) is 0 Å². The van der Waals surface area contributed by atoms with Crippen LogP contribution in [0.2, 0.25) is 0 Å². The van der Waals surface area contributed by atoms with Crippen molar-refractivity contribution < 1.29 is 66.9 Å². The topological polar surface area (TPSA) is 188 Å². The Bertz CT molecular complexity index is 913. The molecule has 0 unspecified atom stereocenters. The molecule has 0 aliphatic rings. The minimum Gasteiger partial charge on any atom is -0.481 e. The van der Waals surface area contributed by atoms with Crippen LogP contribution < -0.4 is 10.6 Å². The Balaban J connectivity index is 1.65. The van der Waals surface area contributed by atoms with Gasteiger partial charge in [0.05, 0.1) is 119 Å². The van der Waals surface area contributed by atoms with Crippen LogP contribution >= 0.6 is 0 Å². The Kier molecular flexibility index (Phi) is 31.4.